The number of carbonyl (C=O) groups is 1. The zero-order valence-corrected chi connectivity index (χ0v) is 7.16. The van der Waals surface area contributed by atoms with Gasteiger partial charge in [0.25, 0.3) is 0 Å². The highest BCUT2D eigenvalue weighted by molar-refractivity contribution is 5.85. The zero-order chi connectivity index (χ0) is 9.97. The van der Waals surface area contributed by atoms with Crippen molar-refractivity contribution in [2.24, 2.45) is 0 Å². The molecule has 70 valence electrons. The van der Waals surface area contributed by atoms with Gasteiger partial charge in [0.05, 0.1) is 0 Å². The number of aromatic nitrogens is 3. The standard InChI is InChI=1S/C9H7N3O2/c13-9(14)7-2-1-3-8(11-7)12-5-4-10-6-12/h1-6H,(H,13,14). The Bertz CT molecular complexity index is 451. The maximum Gasteiger partial charge on any atom is 0.354 e. The van der Waals surface area contributed by atoms with Crippen LogP contribution in [-0.4, -0.2) is 25.6 Å². The largest absolute Gasteiger partial charge is 0.477 e. The van der Waals surface area contributed by atoms with E-state index < -0.39 is 5.97 Å². The van der Waals surface area contributed by atoms with Crippen LogP contribution in [0.4, 0.5) is 0 Å². The monoisotopic (exact) mass is 189 g/mol. The van der Waals surface area contributed by atoms with E-state index in [1.807, 2.05) is 0 Å². The lowest BCUT2D eigenvalue weighted by Gasteiger charge is -2.00. The second kappa shape index (κ2) is 3.29. The molecule has 5 heteroatoms. The molecule has 0 unspecified atom stereocenters. The van der Waals surface area contributed by atoms with Crippen LogP contribution < -0.4 is 0 Å². The number of carboxylic acid groups (broad SMARTS) is 1. The van der Waals surface area contributed by atoms with E-state index in [0.29, 0.717) is 5.82 Å². The van der Waals surface area contributed by atoms with Crippen LogP contribution in [0.15, 0.2) is 36.9 Å². The van der Waals surface area contributed by atoms with Crippen molar-refractivity contribution in [3.05, 3.63) is 42.6 Å². The van der Waals surface area contributed by atoms with Gasteiger partial charge in [0.1, 0.15) is 12.1 Å². The zero-order valence-electron chi connectivity index (χ0n) is 7.16. The number of imidazole rings is 1. The quantitative estimate of drug-likeness (QED) is 0.764. The molecule has 2 heterocycles. The molecule has 0 aromatic carbocycles. The lowest BCUT2D eigenvalue weighted by atomic mass is 10.3. The number of hydrogen-bond acceptors (Lipinski definition) is 3. The first-order chi connectivity index (χ1) is 6.77. The summed E-state index contributed by atoms with van der Waals surface area (Å²) in [4.78, 5) is 18.4. The third kappa shape index (κ3) is 1.47. The Kier molecular flexibility index (Phi) is 1.98. The van der Waals surface area contributed by atoms with Crippen LogP contribution in [0.25, 0.3) is 5.82 Å². The molecule has 14 heavy (non-hydrogen) atoms. The molecule has 0 bridgehead atoms. The molecule has 0 spiro atoms. The van der Waals surface area contributed by atoms with Crippen LogP contribution in [-0.2, 0) is 0 Å². The minimum absolute atomic E-state index is 0.0243. The average molecular weight is 189 g/mol. The molecule has 0 atom stereocenters. The van der Waals surface area contributed by atoms with E-state index in [2.05, 4.69) is 9.97 Å². The maximum absolute atomic E-state index is 10.6. The first-order valence-electron chi connectivity index (χ1n) is 3.96. The SMILES string of the molecule is O=C(O)c1cccc(-n2ccnc2)n1. The minimum Gasteiger partial charge on any atom is -0.477 e. The Morgan fingerprint density at radius 2 is 2.29 bits per heavy atom. The van der Waals surface area contributed by atoms with E-state index in [4.69, 9.17) is 5.11 Å². The molecule has 1 N–H and O–H groups in total. The van der Waals surface area contributed by atoms with E-state index in [1.165, 1.54) is 6.07 Å². The molecule has 2 aromatic rings. The van der Waals surface area contributed by atoms with Crippen LogP contribution in [0, 0.1) is 0 Å². The third-order valence-corrected chi connectivity index (χ3v) is 1.72. The average Bonchev–Trinajstić information content (AvgIpc) is 2.71. The second-order valence-electron chi connectivity index (χ2n) is 2.66. The van der Waals surface area contributed by atoms with Gasteiger partial charge in [0, 0.05) is 12.4 Å². The summed E-state index contributed by atoms with van der Waals surface area (Å²) in [6.07, 6.45) is 4.87. The molecule has 0 aliphatic heterocycles. The van der Waals surface area contributed by atoms with Crippen molar-refractivity contribution >= 4 is 5.97 Å². The van der Waals surface area contributed by atoms with Gasteiger partial charge in [-0.15, -0.1) is 0 Å². The number of nitrogens with zero attached hydrogens (tertiary/aromatic N) is 3. The predicted octanol–water partition coefficient (Wildman–Crippen LogP) is 0.965. The van der Waals surface area contributed by atoms with Crippen LogP contribution in [0.5, 0.6) is 0 Å². The molecular weight excluding hydrogens is 182 g/mol. The molecule has 2 rings (SSSR count). The van der Waals surface area contributed by atoms with E-state index in [1.54, 1.807) is 35.4 Å². The Labute approximate surface area is 79.7 Å². The van der Waals surface area contributed by atoms with E-state index >= 15 is 0 Å². The Morgan fingerprint density at radius 1 is 1.43 bits per heavy atom. The summed E-state index contributed by atoms with van der Waals surface area (Å²) in [5, 5.41) is 8.72. The number of aromatic carboxylic acids is 1. The minimum atomic E-state index is -1.04. The summed E-state index contributed by atoms with van der Waals surface area (Å²) in [5.41, 5.74) is 0.0243. The molecule has 0 radical (unpaired) electrons. The van der Waals surface area contributed by atoms with Crippen LogP contribution in [0.3, 0.4) is 0 Å². The molecule has 0 amide bonds. The van der Waals surface area contributed by atoms with Crippen LogP contribution >= 0.6 is 0 Å². The summed E-state index contributed by atoms with van der Waals surface area (Å²) in [7, 11) is 0. The normalized spacial score (nSPS) is 10.0. The Hall–Kier alpha value is -2.17. The van der Waals surface area contributed by atoms with Crippen molar-refractivity contribution in [1.82, 2.24) is 14.5 Å². The molecule has 0 saturated heterocycles. The van der Waals surface area contributed by atoms with Crippen LogP contribution in [0.1, 0.15) is 10.5 Å². The van der Waals surface area contributed by atoms with E-state index in [-0.39, 0.29) is 5.69 Å². The number of rotatable bonds is 2. The van der Waals surface area contributed by atoms with Gasteiger partial charge in [-0.25, -0.2) is 14.8 Å². The highest BCUT2D eigenvalue weighted by atomic mass is 16.4. The van der Waals surface area contributed by atoms with E-state index in [0.717, 1.165) is 0 Å². The summed E-state index contributed by atoms with van der Waals surface area (Å²) >= 11 is 0. The van der Waals surface area contributed by atoms with Crippen molar-refractivity contribution in [2.45, 2.75) is 0 Å². The van der Waals surface area contributed by atoms with Crippen molar-refractivity contribution in [2.75, 3.05) is 0 Å². The fourth-order valence-corrected chi connectivity index (χ4v) is 1.08. The van der Waals surface area contributed by atoms with Crippen LogP contribution in [0.2, 0.25) is 0 Å². The van der Waals surface area contributed by atoms with Gasteiger partial charge in [-0.2, -0.15) is 0 Å². The van der Waals surface area contributed by atoms with Crippen molar-refractivity contribution in [1.29, 1.82) is 0 Å². The van der Waals surface area contributed by atoms with Gasteiger partial charge in [-0.3, -0.25) is 4.57 Å². The van der Waals surface area contributed by atoms with Gasteiger partial charge in [-0.1, -0.05) is 6.07 Å². The number of hydrogen-bond donors (Lipinski definition) is 1. The Balaban J connectivity index is 2.46. The Morgan fingerprint density at radius 3 is 2.93 bits per heavy atom. The van der Waals surface area contributed by atoms with Gasteiger partial charge < -0.3 is 5.11 Å². The van der Waals surface area contributed by atoms with Crippen molar-refractivity contribution in [3.8, 4) is 5.82 Å². The topological polar surface area (TPSA) is 68.0 Å². The molecule has 0 aliphatic carbocycles. The lowest BCUT2D eigenvalue weighted by Crippen LogP contribution is -2.03. The van der Waals surface area contributed by atoms with Gasteiger partial charge in [0.15, 0.2) is 5.69 Å². The fourth-order valence-electron chi connectivity index (χ4n) is 1.08. The summed E-state index contributed by atoms with van der Waals surface area (Å²) in [5.74, 6) is -0.491. The van der Waals surface area contributed by atoms with Crippen molar-refractivity contribution in [3.63, 3.8) is 0 Å². The van der Waals surface area contributed by atoms with Crippen molar-refractivity contribution < 1.29 is 9.90 Å². The van der Waals surface area contributed by atoms with Gasteiger partial charge >= 0.3 is 5.97 Å². The molecule has 0 aliphatic rings. The molecule has 5 nitrogen and oxygen atoms in total. The third-order valence-electron chi connectivity index (χ3n) is 1.72. The first-order valence-corrected chi connectivity index (χ1v) is 3.96. The predicted molar refractivity (Wildman–Crippen MR) is 48.3 cm³/mol. The molecular formula is C9H7N3O2. The highest BCUT2D eigenvalue weighted by Crippen LogP contribution is 2.04. The summed E-state index contributed by atoms with van der Waals surface area (Å²) < 4.78 is 1.65. The molecule has 0 fully saturated rings. The fraction of sp³-hybridized carbons (Fsp3) is 0. The summed E-state index contributed by atoms with van der Waals surface area (Å²) in [6, 6.07) is 4.81. The maximum atomic E-state index is 10.6. The van der Waals surface area contributed by atoms with E-state index in [9.17, 15) is 4.79 Å². The molecule has 2 aromatic heterocycles. The smallest absolute Gasteiger partial charge is 0.354 e. The molecule has 0 saturated carbocycles. The number of carboxylic acids is 1. The lowest BCUT2D eigenvalue weighted by molar-refractivity contribution is 0.0690. The van der Waals surface area contributed by atoms with Gasteiger partial charge in [-0.05, 0) is 12.1 Å². The second-order valence-corrected chi connectivity index (χ2v) is 2.66. The number of pyridine rings is 1. The van der Waals surface area contributed by atoms with Gasteiger partial charge in [0.2, 0.25) is 0 Å². The first kappa shape index (κ1) is 8.43. The highest BCUT2D eigenvalue weighted by Gasteiger charge is 2.05. The summed E-state index contributed by atoms with van der Waals surface area (Å²) in [6.45, 7) is 0.